The first kappa shape index (κ1) is 20.5. The minimum absolute atomic E-state index is 0.0849. The van der Waals surface area contributed by atoms with E-state index in [-0.39, 0.29) is 6.61 Å². The summed E-state index contributed by atoms with van der Waals surface area (Å²) in [4.78, 5) is 23.7. The van der Waals surface area contributed by atoms with Crippen molar-refractivity contribution in [1.29, 1.82) is 0 Å². The van der Waals surface area contributed by atoms with E-state index in [2.05, 4.69) is 11.9 Å². The van der Waals surface area contributed by atoms with Gasteiger partial charge in [-0.15, -0.1) is 6.58 Å². The SMILES string of the molecule is C=C[C@@](C)(CCC=C(C)C)[C@H](NC(=O)OCc1ccccc1)C(=O)O. The molecule has 0 aromatic heterocycles. The Morgan fingerprint density at radius 2 is 1.96 bits per heavy atom. The lowest BCUT2D eigenvalue weighted by Gasteiger charge is -2.32. The molecule has 0 spiro atoms. The summed E-state index contributed by atoms with van der Waals surface area (Å²) in [5, 5.41) is 12.0. The molecule has 1 rings (SSSR count). The van der Waals surface area contributed by atoms with Gasteiger partial charge in [-0.2, -0.15) is 0 Å². The fourth-order valence-electron chi connectivity index (χ4n) is 2.43. The molecule has 0 heterocycles. The molecule has 136 valence electrons. The molecule has 1 amide bonds. The van der Waals surface area contributed by atoms with Gasteiger partial charge >= 0.3 is 12.1 Å². The molecular weight excluding hydrogens is 318 g/mol. The monoisotopic (exact) mass is 345 g/mol. The van der Waals surface area contributed by atoms with Crippen LogP contribution in [-0.2, 0) is 16.1 Å². The molecule has 2 N–H and O–H groups in total. The van der Waals surface area contributed by atoms with Gasteiger partial charge in [0.2, 0.25) is 0 Å². The van der Waals surface area contributed by atoms with Crippen molar-refractivity contribution >= 4 is 12.1 Å². The number of carbonyl (C=O) groups is 2. The van der Waals surface area contributed by atoms with E-state index in [9.17, 15) is 14.7 Å². The largest absolute Gasteiger partial charge is 0.480 e. The van der Waals surface area contributed by atoms with Crippen LogP contribution in [0.4, 0.5) is 4.79 Å². The van der Waals surface area contributed by atoms with Crippen molar-refractivity contribution in [3.8, 4) is 0 Å². The average molecular weight is 345 g/mol. The number of allylic oxidation sites excluding steroid dienone is 2. The topological polar surface area (TPSA) is 75.6 Å². The van der Waals surface area contributed by atoms with Gasteiger partial charge in [-0.1, -0.05) is 55.0 Å². The molecule has 0 bridgehead atoms. The van der Waals surface area contributed by atoms with Crippen molar-refractivity contribution in [3.05, 3.63) is 60.2 Å². The van der Waals surface area contributed by atoms with Gasteiger partial charge in [0, 0.05) is 5.41 Å². The number of amides is 1. The minimum atomic E-state index is -1.11. The van der Waals surface area contributed by atoms with Gasteiger partial charge in [0.15, 0.2) is 0 Å². The molecule has 0 saturated heterocycles. The third kappa shape index (κ3) is 6.83. The Morgan fingerprint density at radius 1 is 1.32 bits per heavy atom. The van der Waals surface area contributed by atoms with E-state index < -0.39 is 23.5 Å². The van der Waals surface area contributed by atoms with Crippen LogP contribution in [0.3, 0.4) is 0 Å². The number of hydrogen-bond donors (Lipinski definition) is 2. The Balaban J connectivity index is 2.73. The molecule has 0 fully saturated rings. The number of aliphatic carboxylic acids is 1. The zero-order valence-corrected chi connectivity index (χ0v) is 15.1. The number of hydrogen-bond acceptors (Lipinski definition) is 3. The second kappa shape index (κ2) is 9.67. The smallest absolute Gasteiger partial charge is 0.408 e. The van der Waals surface area contributed by atoms with Crippen LogP contribution in [0, 0.1) is 5.41 Å². The van der Waals surface area contributed by atoms with E-state index in [0.29, 0.717) is 12.8 Å². The van der Waals surface area contributed by atoms with Crippen LogP contribution < -0.4 is 5.32 Å². The summed E-state index contributed by atoms with van der Waals surface area (Å²) in [6, 6.07) is 8.10. The third-order valence-corrected chi connectivity index (χ3v) is 4.08. The standard InChI is InChI=1S/C20H27NO4/c1-5-20(4,13-9-10-15(2)3)17(18(22)23)21-19(24)25-14-16-11-7-6-8-12-16/h5-8,10-12,17H,1,9,13-14H2,2-4H3,(H,21,24)(H,22,23)/t17-,20+/m1/s1. The van der Waals surface area contributed by atoms with Gasteiger partial charge < -0.3 is 15.2 Å². The second-order valence-corrected chi connectivity index (χ2v) is 6.51. The van der Waals surface area contributed by atoms with Crippen LogP contribution in [-0.4, -0.2) is 23.2 Å². The molecule has 0 saturated carbocycles. The number of rotatable bonds is 9. The van der Waals surface area contributed by atoms with Crippen LogP contribution in [0.5, 0.6) is 0 Å². The molecule has 0 aliphatic carbocycles. The summed E-state index contributed by atoms with van der Waals surface area (Å²) in [5.41, 5.74) is 1.21. The quantitative estimate of drug-likeness (QED) is 0.654. The molecule has 5 heteroatoms. The van der Waals surface area contributed by atoms with Gasteiger partial charge in [-0.3, -0.25) is 0 Å². The van der Waals surface area contributed by atoms with Gasteiger partial charge in [-0.05, 0) is 32.3 Å². The zero-order valence-electron chi connectivity index (χ0n) is 15.1. The number of nitrogens with one attached hydrogen (secondary N) is 1. The first-order valence-corrected chi connectivity index (χ1v) is 8.25. The number of benzene rings is 1. The van der Waals surface area contributed by atoms with Crippen molar-refractivity contribution in [3.63, 3.8) is 0 Å². The van der Waals surface area contributed by atoms with E-state index in [1.54, 1.807) is 13.0 Å². The van der Waals surface area contributed by atoms with Gasteiger partial charge in [0.25, 0.3) is 0 Å². The van der Waals surface area contributed by atoms with Crippen molar-refractivity contribution in [2.75, 3.05) is 0 Å². The lowest BCUT2D eigenvalue weighted by molar-refractivity contribution is -0.142. The van der Waals surface area contributed by atoms with Gasteiger partial charge in [0.1, 0.15) is 12.6 Å². The summed E-state index contributed by atoms with van der Waals surface area (Å²) in [7, 11) is 0. The average Bonchev–Trinajstić information content (AvgIpc) is 2.58. The predicted octanol–water partition coefficient (Wildman–Crippen LogP) is 4.30. The van der Waals surface area contributed by atoms with Crippen molar-refractivity contribution in [2.45, 2.75) is 46.3 Å². The number of carbonyl (C=O) groups excluding carboxylic acids is 1. The second-order valence-electron chi connectivity index (χ2n) is 6.51. The predicted molar refractivity (Wildman–Crippen MR) is 98.2 cm³/mol. The Hall–Kier alpha value is -2.56. The van der Waals surface area contributed by atoms with E-state index in [1.807, 2.05) is 50.3 Å². The van der Waals surface area contributed by atoms with Crippen LogP contribution in [0.15, 0.2) is 54.6 Å². The highest BCUT2D eigenvalue weighted by molar-refractivity contribution is 5.81. The Kier molecular flexibility index (Phi) is 7.92. The molecule has 0 aliphatic rings. The molecule has 25 heavy (non-hydrogen) atoms. The normalized spacial score (nSPS) is 13.9. The highest BCUT2D eigenvalue weighted by Gasteiger charge is 2.38. The molecule has 1 aromatic carbocycles. The molecule has 0 aliphatic heterocycles. The highest BCUT2D eigenvalue weighted by atomic mass is 16.5. The van der Waals surface area contributed by atoms with E-state index >= 15 is 0 Å². The van der Waals surface area contributed by atoms with Crippen LogP contribution in [0.25, 0.3) is 0 Å². The third-order valence-electron chi connectivity index (χ3n) is 4.08. The number of alkyl carbamates (subject to hydrolysis) is 1. The highest BCUT2D eigenvalue weighted by Crippen LogP contribution is 2.30. The van der Waals surface area contributed by atoms with Crippen molar-refractivity contribution in [2.24, 2.45) is 5.41 Å². The summed E-state index contributed by atoms with van der Waals surface area (Å²) >= 11 is 0. The lowest BCUT2D eigenvalue weighted by Crippen LogP contribution is -2.50. The Bertz CT molecular complexity index is 620. The molecular formula is C20H27NO4. The summed E-state index contributed by atoms with van der Waals surface area (Å²) < 4.78 is 5.13. The van der Waals surface area contributed by atoms with Crippen LogP contribution in [0.2, 0.25) is 0 Å². The van der Waals surface area contributed by atoms with E-state index in [1.165, 1.54) is 0 Å². The maximum Gasteiger partial charge on any atom is 0.408 e. The first-order chi connectivity index (χ1) is 11.8. The Morgan fingerprint density at radius 3 is 2.48 bits per heavy atom. The number of ether oxygens (including phenoxy) is 1. The van der Waals surface area contributed by atoms with Crippen molar-refractivity contribution in [1.82, 2.24) is 5.32 Å². The number of carboxylic acid groups (broad SMARTS) is 1. The summed E-state index contributed by atoms with van der Waals surface area (Å²) in [5.74, 6) is -1.11. The van der Waals surface area contributed by atoms with Gasteiger partial charge in [-0.25, -0.2) is 9.59 Å². The molecule has 0 unspecified atom stereocenters. The molecule has 0 radical (unpaired) electrons. The van der Waals surface area contributed by atoms with Crippen molar-refractivity contribution < 1.29 is 19.4 Å². The van der Waals surface area contributed by atoms with Crippen LogP contribution in [0.1, 0.15) is 39.2 Å². The summed E-state index contributed by atoms with van der Waals surface area (Å²) in [6.07, 6.45) is 4.12. The fraction of sp³-hybridized carbons (Fsp3) is 0.400. The lowest BCUT2D eigenvalue weighted by atomic mass is 9.78. The number of carboxylic acids is 1. The van der Waals surface area contributed by atoms with Crippen LogP contribution >= 0.6 is 0 Å². The van der Waals surface area contributed by atoms with Gasteiger partial charge in [0.05, 0.1) is 0 Å². The molecule has 5 nitrogen and oxygen atoms in total. The minimum Gasteiger partial charge on any atom is -0.480 e. The van der Waals surface area contributed by atoms with E-state index in [0.717, 1.165) is 11.1 Å². The fourth-order valence-corrected chi connectivity index (χ4v) is 2.43. The molecule has 2 atom stereocenters. The maximum atomic E-state index is 12.0. The molecule has 1 aromatic rings. The first-order valence-electron chi connectivity index (χ1n) is 8.25. The Labute approximate surface area is 149 Å². The maximum absolute atomic E-state index is 12.0. The zero-order chi connectivity index (χ0) is 18.9. The summed E-state index contributed by atoms with van der Waals surface area (Å²) in [6.45, 7) is 9.59. The van der Waals surface area contributed by atoms with E-state index in [4.69, 9.17) is 4.74 Å².